The molecule has 0 N–H and O–H groups in total. The summed E-state index contributed by atoms with van der Waals surface area (Å²) in [5, 5.41) is 1.42. The first-order chi connectivity index (χ1) is 13.5. The molecule has 150 valence electrons. The lowest BCUT2D eigenvalue weighted by molar-refractivity contribution is -0.127. The van der Waals surface area contributed by atoms with Crippen LogP contribution in [0.3, 0.4) is 0 Å². The Balaban J connectivity index is 1.91. The Labute approximate surface area is 174 Å². The number of hydrogen-bond donors (Lipinski definition) is 0. The van der Waals surface area contributed by atoms with Crippen molar-refractivity contribution in [1.29, 1.82) is 0 Å². The minimum Gasteiger partial charge on any atom is -0.335 e. The summed E-state index contributed by atoms with van der Waals surface area (Å²) >= 11 is 2.98. The summed E-state index contributed by atoms with van der Waals surface area (Å²) in [6.07, 6.45) is 6.52. The van der Waals surface area contributed by atoms with Crippen molar-refractivity contribution in [2.45, 2.75) is 44.8 Å². The molecule has 1 aliphatic carbocycles. The van der Waals surface area contributed by atoms with Gasteiger partial charge in [0.2, 0.25) is 5.91 Å². The molecule has 0 saturated heterocycles. The highest BCUT2D eigenvalue weighted by Crippen LogP contribution is 2.36. The van der Waals surface area contributed by atoms with Crippen molar-refractivity contribution in [2.75, 3.05) is 18.8 Å². The Morgan fingerprint density at radius 2 is 2.11 bits per heavy atom. The van der Waals surface area contributed by atoms with E-state index in [9.17, 15) is 9.59 Å². The fourth-order valence-electron chi connectivity index (χ4n) is 3.60. The molecule has 0 radical (unpaired) electrons. The molecular weight excluding hydrogens is 390 g/mol. The van der Waals surface area contributed by atoms with Crippen molar-refractivity contribution >= 4 is 39.2 Å². The molecule has 0 aliphatic heterocycles. The van der Waals surface area contributed by atoms with E-state index in [1.807, 2.05) is 6.92 Å². The van der Waals surface area contributed by atoms with Crippen LogP contribution in [0.4, 0.5) is 0 Å². The molecule has 0 spiro atoms. The molecule has 2 aromatic rings. The minimum absolute atomic E-state index is 0.0129. The van der Waals surface area contributed by atoms with E-state index < -0.39 is 0 Å². The summed E-state index contributed by atoms with van der Waals surface area (Å²) < 4.78 is 1.71. The number of aryl methyl sites for hydroxylation is 1. The monoisotopic (exact) mass is 417 g/mol. The number of carbonyl (C=O) groups is 1. The molecule has 0 bridgehead atoms. The average Bonchev–Trinajstić information content (AvgIpc) is 3.03. The molecule has 2 aromatic heterocycles. The predicted molar refractivity (Wildman–Crippen MR) is 118 cm³/mol. The second kappa shape index (κ2) is 9.09. The number of carbonyl (C=O) groups excluding carboxylic acids is 1. The molecular formula is C21H27N3O2S2. The van der Waals surface area contributed by atoms with E-state index in [-0.39, 0.29) is 17.2 Å². The second-order valence-corrected chi connectivity index (χ2v) is 9.17. The van der Waals surface area contributed by atoms with Gasteiger partial charge in [0.25, 0.3) is 5.56 Å². The number of nitrogens with zero attached hydrogens (tertiary/aromatic N) is 3. The van der Waals surface area contributed by atoms with Crippen molar-refractivity contribution in [2.24, 2.45) is 5.92 Å². The van der Waals surface area contributed by atoms with E-state index in [1.54, 1.807) is 33.0 Å². The number of fused-ring (bicyclic) bond motifs is 3. The fourth-order valence-corrected chi connectivity index (χ4v) is 5.99. The average molecular weight is 418 g/mol. The van der Waals surface area contributed by atoms with Crippen LogP contribution in [0.1, 0.15) is 30.7 Å². The number of amides is 1. The Kier molecular flexibility index (Phi) is 6.78. The Morgan fingerprint density at radius 1 is 1.39 bits per heavy atom. The smallest absolute Gasteiger partial charge is 0.263 e. The van der Waals surface area contributed by atoms with Gasteiger partial charge >= 0.3 is 0 Å². The molecule has 1 atom stereocenters. The molecule has 28 heavy (non-hydrogen) atoms. The molecule has 5 nitrogen and oxygen atoms in total. The van der Waals surface area contributed by atoms with Crippen LogP contribution in [0, 0.1) is 5.92 Å². The van der Waals surface area contributed by atoms with E-state index in [4.69, 9.17) is 4.98 Å². The van der Waals surface area contributed by atoms with Gasteiger partial charge in [-0.15, -0.1) is 24.5 Å². The molecule has 1 unspecified atom stereocenters. The SMILES string of the molecule is C=CCN(CC=C)C(=O)CSc1nc2sc3c(c2c(=O)n1CC)CCC(C)C3. The van der Waals surface area contributed by atoms with Gasteiger partial charge in [0.1, 0.15) is 4.83 Å². The van der Waals surface area contributed by atoms with Gasteiger partial charge in [-0.05, 0) is 37.7 Å². The van der Waals surface area contributed by atoms with Crippen molar-refractivity contribution in [1.82, 2.24) is 14.5 Å². The number of aromatic nitrogens is 2. The molecule has 0 aromatic carbocycles. The largest absolute Gasteiger partial charge is 0.335 e. The topological polar surface area (TPSA) is 55.2 Å². The maximum atomic E-state index is 13.2. The predicted octanol–water partition coefficient (Wildman–Crippen LogP) is 3.90. The highest BCUT2D eigenvalue weighted by molar-refractivity contribution is 7.99. The quantitative estimate of drug-likeness (QED) is 0.371. The highest BCUT2D eigenvalue weighted by Gasteiger charge is 2.24. The van der Waals surface area contributed by atoms with E-state index in [0.717, 1.165) is 29.5 Å². The highest BCUT2D eigenvalue weighted by atomic mass is 32.2. The van der Waals surface area contributed by atoms with Crippen LogP contribution in [0.2, 0.25) is 0 Å². The molecule has 0 saturated carbocycles. The van der Waals surface area contributed by atoms with E-state index in [1.165, 1.54) is 22.2 Å². The molecule has 3 rings (SSSR count). The lowest BCUT2D eigenvalue weighted by atomic mass is 9.89. The van der Waals surface area contributed by atoms with Gasteiger partial charge in [-0.1, -0.05) is 30.8 Å². The third-order valence-electron chi connectivity index (χ3n) is 5.07. The van der Waals surface area contributed by atoms with Gasteiger partial charge in [0.05, 0.1) is 11.1 Å². The molecule has 0 fully saturated rings. The first-order valence-corrected chi connectivity index (χ1v) is 11.5. The third-order valence-corrected chi connectivity index (χ3v) is 7.18. The Morgan fingerprint density at radius 3 is 2.75 bits per heavy atom. The first kappa shape index (κ1) is 20.9. The zero-order valence-corrected chi connectivity index (χ0v) is 18.2. The molecule has 2 heterocycles. The standard InChI is InChI=1S/C21H27N3O2S2/c1-5-10-23(11-6-2)17(25)13-27-21-22-19-18(20(26)24(21)7-3)15-9-8-14(4)12-16(15)28-19/h5-6,14H,1-2,7-13H2,3-4H3. The zero-order chi connectivity index (χ0) is 20.3. The van der Waals surface area contributed by atoms with E-state index in [0.29, 0.717) is 30.7 Å². The van der Waals surface area contributed by atoms with Crippen LogP contribution in [0.15, 0.2) is 35.3 Å². The number of thioether (sulfide) groups is 1. The Bertz CT molecular complexity index is 951. The minimum atomic E-state index is -0.0129. The second-order valence-electron chi connectivity index (χ2n) is 7.14. The van der Waals surface area contributed by atoms with Crippen LogP contribution in [0.5, 0.6) is 0 Å². The van der Waals surface area contributed by atoms with Crippen molar-refractivity contribution < 1.29 is 4.79 Å². The van der Waals surface area contributed by atoms with Gasteiger partial charge in [-0.25, -0.2) is 4.98 Å². The summed E-state index contributed by atoms with van der Waals surface area (Å²) in [6.45, 7) is 13.1. The summed E-state index contributed by atoms with van der Waals surface area (Å²) in [5.41, 5.74) is 1.23. The van der Waals surface area contributed by atoms with Gasteiger partial charge < -0.3 is 4.90 Å². The molecule has 7 heteroatoms. The van der Waals surface area contributed by atoms with Gasteiger partial charge in [-0.2, -0.15) is 0 Å². The van der Waals surface area contributed by atoms with Crippen molar-refractivity contribution in [3.8, 4) is 0 Å². The normalized spacial score (nSPS) is 16.0. The van der Waals surface area contributed by atoms with Crippen LogP contribution >= 0.6 is 23.1 Å². The summed E-state index contributed by atoms with van der Waals surface area (Å²) in [6, 6.07) is 0. The van der Waals surface area contributed by atoms with Crippen molar-refractivity contribution in [3.05, 3.63) is 46.1 Å². The zero-order valence-electron chi connectivity index (χ0n) is 16.6. The van der Waals surface area contributed by atoms with Gasteiger partial charge in [0.15, 0.2) is 5.16 Å². The van der Waals surface area contributed by atoms with Crippen LogP contribution in [0.25, 0.3) is 10.2 Å². The van der Waals surface area contributed by atoms with E-state index >= 15 is 0 Å². The van der Waals surface area contributed by atoms with Crippen LogP contribution in [-0.4, -0.2) is 39.2 Å². The molecule has 1 aliphatic rings. The number of rotatable bonds is 8. The van der Waals surface area contributed by atoms with E-state index in [2.05, 4.69) is 20.1 Å². The Hall–Kier alpha value is -1.86. The lowest BCUT2D eigenvalue weighted by Gasteiger charge is -2.19. The van der Waals surface area contributed by atoms with Crippen LogP contribution < -0.4 is 5.56 Å². The number of hydrogen-bond acceptors (Lipinski definition) is 5. The summed E-state index contributed by atoms with van der Waals surface area (Å²) in [5.74, 6) is 0.879. The lowest BCUT2D eigenvalue weighted by Crippen LogP contribution is -2.33. The van der Waals surface area contributed by atoms with Gasteiger partial charge in [0, 0.05) is 24.5 Å². The first-order valence-electron chi connectivity index (χ1n) is 9.67. The summed E-state index contributed by atoms with van der Waals surface area (Å²) in [7, 11) is 0. The number of thiophene rings is 1. The maximum Gasteiger partial charge on any atom is 0.263 e. The molecule has 1 amide bonds. The fraction of sp³-hybridized carbons (Fsp3) is 0.476. The van der Waals surface area contributed by atoms with Crippen molar-refractivity contribution in [3.63, 3.8) is 0 Å². The maximum absolute atomic E-state index is 13.2. The van der Waals surface area contributed by atoms with Crippen LogP contribution in [-0.2, 0) is 24.2 Å². The third kappa shape index (κ3) is 4.10. The van der Waals surface area contributed by atoms with Gasteiger partial charge in [-0.3, -0.25) is 14.2 Å². The summed E-state index contributed by atoms with van der Waals surface area (Å²) in [4.78, 5) is 34.3.